The molecule has 0 bridgehead atoms. The Hall–Kier alpha value is -2.12. The lowest BCUT2D eigenvalue weighted by Gasteiger charge is -2.27. The van der Waals surface area contributed by atoms with E-state index in [-0.39, 0.29) is 30.7 Å². The summed E-state index contributed by atoms with van der Waals surface area (Å²) in [5, 5.41) is 19.8. The number of hydrogen-bond donors (Lipinski definition) is 2. The topological polar surface area (TPSA) is 81.1 Å². The fraction of sp³-hybridized carbons (Fsp3) is 0.548. The Bertz CT molecular complexity index is 1140. The maximum atomic E-state index is 12.3. The molecule has 2 heterocycles. The third-order valence-electron chi connectivity index (χ3n) is 8.67. The summed E-state index contributed by atoms with van der Waals surface area (Å²) in [5.74, 6) is -1.75. The van der Waals surface area contributed by atoms with E-state index in [4.69, 9.17) is 0 Å². The van der Waals surface area contributed by atoms with Crippen LogP contribution in [0.4, 0.5) is 0 Å². The molecule has 1 unspecified atom stereocenters. The van der Waals surface area contributed by atoms with Crippen molar-refractivity contribution in [3.63, 3.8) is 0 Å². The number of likely N-dealkylation sites (tertiary alicyclic amines) is 2. The second kappa shape index (κ2) is 14.5. The summed E-state index contributed by atoms with van der Waals surface area (Å²) in [7, 11) is 0. The summed E-state index contributed by atoms with van der Waals surface area (Å²) in [5.41, 5.74) is 6.01. The molecule has 214 valence electrons. The molecule has 2 aromatic rings. The zero-order valence-electron chi connectivity index (χ0n) is 22.7. The molecule has 1 aliphatic carbocycles. The predicted octanol–water partition coefficient (Wildman–Crippen LogP) is 6.72. The number of carbonyl (C=O) groups is 2. The van der Waals surface area contributed by atoms with Gasteiger partial charge in [-0.15, -0.1) is 24.8 Å². The molecule has 6 nitrogen and oxygen atoms in total. The summed E-state index contributed by atoms with van der Waals surface area (Å²) in [6, 6.07) is 9.17. The van der Waals surface area contributed by atoms with Crippen molar-refractivity contribution >= 4 is 36.8 Å². The van der Waals surface area contributed by atoms with Crippen LogP contribution in [0.1, 0.15) is 101 Å². The van der Waals surface area contributed by atoms with Crippen LogP contribution in [0.15, 0.2) is 30.3 Å². The maximum absolute atomic E-state index is 12.3. The highest BCUT2D eigenvalue weighted by Gasteiger charge is 2.33. The van der Waals surface area contributed by atoms with Crippen molar-refractivity contribution in [2.24, 2.45) is 0 Å². The van der Waals surface area contributed by atoms with Crippen LogP contribution in [0.5, 0.6) is 0 Å². The van der Waals surface area contributed by atoms with Crippen molar-refractivity contribution in [1.82, 2.24) is 9.80 Å². The van der Waals surface area contributed by atoms with Crippen LogP contribution in [0, 0.1) is 0 Å². The van der Waals surface area contributed by atoms with Gasteiger partial charge in [0.05, 0.1) is 11.1 Å². The third-order valence-corrected chi connectivity index (χ3v) is 8.67. The monoisotopic (exact) mass is 576 g/mol. The Morgan fingerprint density at radius 1 is 0.744 bits per heavy atom. The lowest BCUT2D eigenvalue weighted by Crippen LogP contribution is -2.31. The SMILES string of the molecule is Cl.Cl.O=C(O)c1ccc2c(c1)C(CCCN1CCCCC1)c1c-2ccc(C(=O)O)c1CCCN1CCCCC1. The maximum Gasteiger partial charge on any atom is 0.335 e. The Morgan fingerprint density at radius 2 is 1.33 bits per heavy atom. The van der Waals surface area contributed by atoms with Gasteiger partial charge in [-0.05, 0) is 137 Å². The molecule has 0 amide bonds. The van der Waals surface area contributed by atoms with Crippen molar-refractivity contribution in [3.8, 4) is 11.1 Å². The second-order valence-electron chi connectivity index (χ2n) is 11.1. The minimum absolute atomic E-state index is 0. The predicted molar refractivity (Wildman–Crippen MR) is 160 cm³/mol. The van der Waals surface area contributed by atoms with E-state index in [1.165, 1.54) is 38.5 Å². The van der Waals surface area contributed by atoms with Crippen LogP contribution in [-0.2, 0) is 6.42 Å². The number of hydrogen-bond acceptors (Lipinski definition) is 4. The summed E-state index contributed by atoms with van der Waals surface area (Å²) < 4.78 is 0. The Labute approximate surface area is 244 Å². The molecule has 1 atom stereocenters. The molecular weight excluding hydrogens is 535 g/mol. The molecule has 2 fully saturated rings. The summed E-state index contributed by atoms with van der Waals surface area (Å²) in [4.78, 5) is 29.2. The van der Waals surface area contributed by atoms with Crippen LogP contribution < -0.4 is 0 Å². The molecular formula is C31H42Cl2N2O4. The summed E-state index contributed by atoms with van der Waals surface area (Å²) >= 11 is 0. The van der Waals surface area contributed by atoms with Gasteiger partial charge < -0.3 is 20.0 Å². The third kappa shape index (κ3) is 7.15. The first-order valence-corrected chi connectivity index (χ1v) is 14.2. The molecule has 0 saturated carbocycles. The standard InChI is InChI=1S/C31H40N2O4.2ClH/c34-30(35)22-11-12-23-26-13-14-27(31(36)37)24(9-7-19-32-15-3-1-4-16-32)29(26)25(28(23)21-22)10-8-20-33-17-5-2-6-18-33;;/h11-14,21,25H,1-10,15-20H2,(H,34,35)(H,36,37);2*1H. The second-order valence-corrected chi connectivity index (χ2v) is 11.1. The number of nitrogens with zero attached hydrogens (tertiary/aromatic N) is 2. The van der Waals surface area contributed by atoms with E-state index in [2.05, 4.69) is 9.80 Å². The number of fused-ring (bicyclic) bond motifs is 3. The van der Waals surface area contributed by atoms with Crippen molar-refractivity contribution in [3.05, 3.63) is 58.1 Å². The lowest BCUT2D eigenvalue weighted by molar-refractivity contribution is 0.0685. The minimum atomic E-state index is -0.918. The number of benzene rings is 2. The highest BCUT2D eigenvalue weighted by molar-refractivity contribution is 5.94. The van der Waals surface area contributed by atoms with Crippen molar-refractivity contribution in [1.29, 1.82) is 0 Å². The highest BCUT2D eigenvalue weighted by Crippen LogP contribution is 2.49. The number of aromatic carboxylic acids is 2. The van der Waals surface area contributed by atoms with Gasteiger partial charge in [0, 0.05) is 5.92 Å². The number of carboxylic acids is 2. The Balaban J connectivity index is 0.00000210. The van der Waals surface area contributed by atoms with E-state index in [1.54, 1.807) is 12.1 Å². The van der Waals surface area contributed by atoms with E-state index in [9.17, 15) is 19.8 Å². The van der Waals surface area contributed by atoms with Gasteiger partial charge in [-0.1, -0.05) is 25.0 Å². The molecule has 2 saturated heterocycles. The van der Waals surface area contributed by atoms with Crippen LogP contribution in [0.3, 0.4) is 0 Å². The molecule has 2 aliphatic heterocycles. The fourth-order valence-electron chi connectivity index (χ4n) is 6.82. The average Bonchev–Trinajstić information content (AvgIpc) is 3.23. The molecule has 0 aromatic heterocycles. The molecule has 0 spiro atoms. The average molecular weight is 578 g/mol. The largest absolute Gasteiger partial charge is 0.478 e. The summed E-state index contributed by atoms with van der Waals surface area (Å²) in [6.07, 6.45) is 11.3. The van der Waals surface area contributed by atoms with Gasteiger partial charge >= 0.3 is 11.9 Å². The quantitative estimate of drug-likeness (QED) is 0.326. The highest BCUT2D eigenvalue weighted by atomic mass is 35.5. The first kappa shape index (κ1) is 31.4. The normalized spacial score (nSPS) is 18.9. The number of halogens is 2. The molecule has 5 rings (SSSR count). The number of rotatable bonds is 10. The molecule has 2 N–H and O–H groups in total. The Kier molecular flexibility index (Phi) is 11.7. The van der Waals surface area contributed by atoms with E-state index < -0.39 is 11.9 Å². The van der Waals surface area contributed by atoms with Crippen LogP contribution in [0.2, 0.25) is 0 Å². The van der Waals surface area contributed by atoms with E-state index >= 15 is 0 Å². The van der Waals surface area contributed by atoms with Crippen LogP contribution >= 0.6 is 24.8 Å². The lowest BCUT2D eigenvalue weighted by atomic mass is 9.85. The summed E-state index contributed by atoms with van der Waals surface area (Å²) in [6.45, 7) is 6.64. The van der Waals surface area contributed by atoms with E-state index in [0.29, 0.717) is 11.1 Å². The molecule has 3 aliphatic rings. The number of piperidine rings is 2. The first-order chi connectivity index (χ1) is 18.0. The Morgan fingerprint density at radius 3 is 1.92 bits per heavy atom. The van der Waals surface area contributed by atoms with Gasteiger partial charge in [0.2, 0.25) is 0 Å². The molecule has 2 aromatic carbocycles. The van der Waals surface area contributed by atoms with Crippen molar-refractivity contribution in [2.75, 3.05) is 39.3 Å². The fourth-order valence-corrected chi connectivity index (χ4v) is 6.82. The minimum Gasteiger partial charge on any atom is -0.478 e. The van der Waals surface area contributed by atoms with Gasteiger partial charge in [-0.2, -0.15) is 0 Å². The van der Waals surface area contributed by atoms with Crippen molar-refractivity contribution in [2.45, 2.75) is 70.1 Å². The van der Waals surface area contributed by atoms with Crippen LogP contribution in [-0.4, -0.2) is 71.2 Å². The smallest absolute Gasteiger partial charge is 0.335 e. The van der Waals surface area contributed by atoms with Gasteiger partial charge in [0.15, 0.2) is 0 Å². The number of carboxylic acid groups (broad SMARTS) is 2. The van der Waals surface area contributed by atoms with Gasteiger partial charge in [-0.3, -0.25) is 0 Å². The van der Waals surface area contributed by atoms with Crippen LogP contribution in [0.25, 0.3) is 11.1 Å². The first-order valence-electron chi connectivity index (χ1n) is 14.2. The van der Waals surface area contributed by atoms with Gasteiger partial charge in [0.25, 0.3) is 0 Å². The van der Waals surface area contributed by atoms with E-state index in [0.717, 1.165) is 92.8 Å². The molecule has 0 radical (unpaired) electrons. The van der Waals surface area contributed by atoms with Gasteiger partial charge in [-0.25, -0.2) is 9.59 Å². The van der Waals surface area contributed by atoms with Gasteiger partial charge in [0.1, 0.15) is 0 Å². The molecule has 39 heavy (non-hydrogen) atoms. The molecule has 8 heteroatoms. The zero-order chi connectivity index (χ0) is 25.8. The van der Waals surface area contributed by atoms with Crippen molar-refractivity contribution < 1.29 is 19.8 Å². The zero-order valence-corrected chi connectivity index (χ0v) is 24.3. The van der Waals surface area contributed by atoms with E-state index in [1.807, 2.05) is 18.2 Å².